The van der Waals surface area contributed by atoms with Gasteiger partial charge in [0, 0.05) is 12.1 Å². The summed E-state index contributed by atoms with van der Waals surface area (Å²) >= 11 is 0. The minimum Gasteiger partial charge on any atom is -0.481 e. The minimum atomic E-state index is -0.909. The highest BCUT2D eigenvalue weighted by Gasteiger charge is 2.18. The molecule has 6 heteroatoms. The first-order valence-electron chi connectivity index (χ1n) is 6.50. The molecule has 5 N–H and O–H groups in total. The van der Waals surface area contributed by atoms with Crippen LogP contribution in [-0.4, -0.2) is 18.0 Å². The maximum absolute atomic E-state index is 11.7. The van der Waals surface area contributed by atoms with Gasteiger partial charge in [-0.1, -0.05) is 30.3 Å². The largest absolute Gasteiger partial charge is 0.481 e. The SMILES string of the molecule is CC(Oc1ccc2ccccc2c1CN)C(=O)NC(N)=O. The van der Waals surface area contributed by atoms with Crippen LogP contribution in [0, 0.1) is 0 Å². The van der Waals surface area contributed by atoms with Crippen molar-refractivity contribution in [2.75, 3.05) is 0 Å². The highest BCUT2D eigenvalue weighted by Crippen LogP contribution is 2.28. The zero-order chi connectivity index (χ0) is 15.4. The Labute approximate surface area is 122 Å². The van der Waals surface area contributed by atoms with Crippen LogP contribution in [0.2, 0.25) is 0 Å². The lowest BCUT2D eigenvalue weighted by atomic mass is 10.0. The number of primary amides is 1. The Morgan fingerprint density at radius 1 is 1.24 bits per heavy atom. The Morgan fingerprint density at radius 2 is 1.95 bits per heavy atom. The number of urea groups is 1. The molecule has 2 aromatic rings. The normalized spacial score (nSPS) is 11.9. The molecule has 0 heterocycles. The van der Waals surface area contributed by atoms with Gasteiger partial charge in [0.05, 0.1) is 0 Å². The van der Waals surface area contributed by atoms with Gasteiger partial charge in [-0.05, 0) is 23.8 Å². The summed E-state index contributed by atoms with van der Waals surface area (Å²) in [7, 11) is 0. The van der Waals surface area contributed by atoms with Crippen LogP contribution >= 0.6 is 0 Å². The molecule has 1 unspecified atom stereocenters. The Morgan fingerprint density at radius 3 is 2.62 bits per heavy atom. The summed E-state index contributed by atoms with van der Waals surface area (Å²) in [6, 6.07) is 10.5. The van der Waals surface area contributed by atoms with E-state index in [9.17, 15) is 9.59 Å². The van der Waals surface area contributed by atoms with Gasteiger partial charge in [-0.15, -0.1) is 0 Å². The van der Waals surface area contributed by atoms with E-state index in [1.807, 2.05) is 35.6 Å². The van der Waals surface area contributed by atoms with E-state index in [-0.39, 0.29) is 6.54 Å². The molecule has 0 aliphatic rings. The summed E-state index contributed by atoms with van der Waals surface area (Å²) in [5.74, 6) is -0.0815. The molecule has 0 aromatic heterocycles. The fourth-order valence-electron chi connectivity index (χ4n) is 2.10. The fourth-order valence-corrected chi connectivity index (χ4v) is 2.10. The van der Waals surface area contributed by atoms with Crippen molar-refractivity contribution in [3.63, 3.8) is 0 Å². The van der Waals surface area contributed by atoms with E-state index >= 15 is 0 Å². The van der Waals surface area contributed by atoms with E-state index < -0.39 is 18.0 Å². The number of rotatable bonds is 4. The van der Waals surface area contributed by atoms with Crippen molar-refractivity contribution >= 4 is 22.7 Å². The van der Waals surface area contributed by atoms with Gasteiger partial charge in [0.1, 0.15) is 5.75 Å². The van der Waals surface area contributed by atoms with E-state index in [4.69, 9.17) is 16.2 Å². The van der Waals surface area contributed by atoms with Crippen LogP contribution < -0.4 is 21.5 Å². The number of amides is 3. The van der Waals surface area contributed by atoms with Crippen LogP contribution in [0.5, 0.6) is 5.75 Å². The predicted molar refractivity (Wildman–Crippen MR) is 79.7 cm³/mol. The molecule has 3 amide bonds. The van der Waals surface area contributed by atoms with Crippen LogP contribution in [0.4, 0.5) is 4.79 Å². The Balaban J connectivity index is 2.30. The zero-order valence-corrected chi connectivity index (χ0v) is 11.6. The van der Waals surface area contributed by atoms with Crippen molar-refractivity contribution in [1.82, 2.24) is 5.32 Å². The van der Waals surface area contributed by atoms with E-state index in [2.05, 4.69) is 0 Å². The molecule has 2 rings (SSSR count). The number of fused-ring (bicyclic) bond motifs is 1. The second-order valence-corrected chi connectivity index (χ2v) is 4.58. The third-order valence-corrected chi connectivity index (χ3v) is 3.12. The molecule has 0 aliphatic carbocycles. The molecule has 0 saturated carbocycles. The van der Waals surface area contributed by atoms with Crippen molar-refractivity contribution in [2.45, 2.75) is 19.6 Å². The van der Waals surface area contributed by atoms with Crippen molar-refractivity contribution in [1.29, 1.82) is 0 Å². The van der Waals surface area contributed by atoms with Crippen molar-refractivity contribution in [3.05, 3.63) is 42.0 Å². The summed E-state index contributed by atoms with van der Waals surface area (Å²) in [4.78, 5) is 22.3. The zero-order valence-electron chi connectivity index (χ0n) is 11.6. The first-order chi connectivity index (χ1) is 10.0. The van der Waals surface area contributed by atoms with E-state index in [0.29, 0.717) is 5.75 Å². The second kappa shape index (κ2) is 6.23. The minimum absolute atomic E-state index is 0.279. The fraction of sp³-hybridized carbons (Fsp3) is 0.200. The molecule has 6 nitrogen and oxygen atoms in total. The van der Waals surface area contributed by atoms with Gasteiger partial charge in [0.15, 0.2) is 6.10 Å². The predicted octanol–water partition coefficient (Wildman–Crippen LogP) is 1.26. The van der Waals surface area contributed by atoms with Crippen LogP contribution in [0.1, 0.15) is 12.5 Å². The molecule has 0 spiro atoms. The Bertz CT molecular complexity index is 685. The van der Waals surface area contributed by atoms with Crippen molar-refractivity contribution in [3.8, 4) is 5.75 Å². The molecule has 0 radical (unpaired) electrons. The van der Waals surface area contributed by atoms with Gasteiger partial charge < -0.3 is 16.2 Å². The molecule has 0 fully saturated rings. The van der Waals surface area contributed by atoms with Crippen LogP contribution in [0.25, 0.3) is 10.8 Å². The number of ether oxygens (including phenoxy) is 1. The number of nitrogens with one attached hydrogen (secondary N) is 1. The summed E-state index contributed by atoms with van der Waals surface area (Å²) in [5, 5.41) is 3.99. The first kappa shape index (κ1) is 14.8. The van der Waals surface area contributed by atoms with Gasteiger partial charge in [-0.2, -0.15) is 0 Å². The monoisotopic (exact) mass is 287 g/mol. The van der Waals surface area contributed by atoms with Crippen LogP contribution in [0.15, 0.2) is 36.4 Å². The van der Waals surface area contributed by atoms with Gasteiger partial charge in [0.25, 0.3) is 5.91 Å². The maximum Gasteiger partial charge on any atom is 0.318 e. The average molecular weight is 287 g/mol. The van der Waals surface area contributed by atoms with Gasteiger partial charge in [0.2, 0.25) is 0 Å². The average Bonchev–Trinajstić information content (AvgIpc) is 2.46. The molecule has 1 atom stereocenters. The lowest BCUT2D eigenvalue weighted by Gasteiger charge is -2.17. The van der Waals surface area contributed by atoms with Gasteiger partial charge in [-0.25, -0.2) is 4.79 Å². The standard InChI is InChI=1S/C15H17N3O3/c1-9(14(19)18-15(17)20)21-13-7-6-10-4-2-3-5-11(10)12(13)8-16/h2-7,9H,8,16H2,1H3,(H3,17,18,19,20). The third-order valence-electron chi connectivity index (χ3n) is 3.12. The molecule has 110 valence electrons. The summed E-state index contributed by atoms with van der Waals surface area (Å²) < 4.78 is 5.61. The summed E-state index contributed by atoms with van der Waals surface area (Å²) in [5.41, 5.74) is 11.5. The van der Waals surface area contributed by atoms with Gasteiger partial charge in [-0.3, -0.25) is 10.1 Å². The molecular formula is C15H17N3O3. The highest BCUT2D eigenvalue weighted by atomic mass is 16.5. The van der Waals surface area contributed by atoms with Crippen LogP contribution in [0.3, 0.4) is 0 Å². The van der Waals surface area contributed by atoms with Gasteiger partial charge >= 0.3 is 6.03 Å². The summed E-state index contributed by atoms with van der Waals surface area (Å²) in [6.45, 7) is 1.81. The number of carbonyl (C=O) groups is 2. The maximum atomic E-state index is 11.7. The number of carbonyl (C=O) groups excluding carboxylic acids is 2. The van der Waals surface area contributed by atoms with E-state index in [1.165, 1.54) is 6.92 Å². The molecule has 0 saturated heterocycles. The van der Waals surface area contributed by atoms with E-state index in [1.54, 1.807) is 6.07 Å². The first-order valence-corrected chi connectivity index (χ1v) is 6.50. The smallest absolute Gasteiger partial charge is 0.318 e. The number of hydrogen-bond acceptors (Lipinski definition) is 4. The topological polar surface area (TPSA) is 107 Å². The molecule has 21 heavy (non-hydrogen) atoms. The lowest BCUT2D eigenvalue weighted by molar-refractivity contribution is -0.126. The number of imide groups is 1. The molecule has 0 bridgehead atoms. The van der Waals surface area contributed by atoms with Crippen molar-refractivity contribution < 1.29 is 14.3 Å². The third kappa shape index (κ3) is 3.29. The Kier molecular flexibility index (Phi) is 4.39. The molecule has 0 aliphatic heterocycles. The summed E-state index contributed by atoms with van der Waals surface area (Å²) in [6.07, 6.45) is -0.857. The quantitative estimate of drug-likeness (QED) is 0.786. The Hall–Kier alpha value is -2.60. The number of nitrogens with two attached hydrogens (primary N) is 2. The van der Waals surface area contributed by atoms with Crippen molar-refractivity contribution in [2.24, 2.45) is 11.5 Å². The molecular weight excluding hydrogens is 270 g/mol. The number of benzene rings is 2. The highest BCUT2D eigenvalue weighted by molar-refractivity contribution is 5.96. The lowest BCUT2D eigenvalue weighted by Crippen LogP contribution is -2.42. The van der Waals surface area contributed by atoms with Crippen LogP contribution in [-0.2, 0) is 11.3 Å². The molecule has 2 aromatic carbocycles. The second-order valence-electron chi connectivity index (χ2n) is 4.58. The van der Waals surface area contributed by atoms with E-state index in [0.717, 1.165) is 16.3 Å². The number of hydrogen-bond donors (Lipinski definition) is 3.